The molecule has 4 unspecified atom stereocenters. The number of hydrogen-bond acceptors (Lipinski definition) is 6. The van der Waals surface area contributed by atoms with Crippen LogP contribution in [-0.2, 0) is 42.5 Å². The number of rotatable bonds is 10. The third-order valence-corrected chi connectivity index (χ3v) is 6.73. The molecule has 1 heterocycles. The molecule has 0 spiro atoms. The van der Waals surface area contributed by atoms with Gasteiger partial charge in [0, 0.05) is 0 Å². The van der Waals surface area contributed by atoms with Crippen LogP contribution >= 0.6 is 10.7 Å². The van der Waals surface area contributed by atoms with E-state index in [0.29, 0.717) is 16.9 Å². The Labute approximate surface area is 205 Å². The number of amides is 2. The maximum Gasteiger partial charge on any atom is 0.333 e. The molecule has 1 aliphatic rings. The van der Waals surface area contributed by atoms with Crippen LogP contribution in [0.4, 0.5) is 0 Å². The van der Waals surface area contributed by atoms with Gasteiger partial charge in [-0.25, -0.2) is 4.79 Å². The predicted octanol–water partition coefficient (Wildman–Crippen LogP) is 2.48. The normalized spacial score (nSPS) is 18.9. The molecule has 3 rings (SSSR count). The van der Waals surface area contributed by atoms with Gasteiger partial charge in [0.1, 0.15) is 12.4 Å². The lowest BCUT2D eigenvalue weighted by Crippen LogP contribution is -2.75. The lowest BCUT2D eigenvalue weighted by atomic mass is 9.99. The molecule has 1 N–H and O–H groups in total. The van der Waals surface area contributed by atoms with Crippen LogP contribution in [0.5, 0.6) is 5.75 Å². The Balaban J connectivity index is 1.67. The molecular formula is C24H25ClN2O6S. The highest BCUT2D eigenvalue weighted by molar-refractivity contribution is 8.14. The van der Waals surface area contributed by atoms with Crippen molar-refractivity contribution in [3.63, 3.8) is 0 Å². The molecular weight excluding hydrogens is 480 g/mol. The minimum absolute atomic E-state index is 0.0412. The monoisotopic (exact) mass is 504 g/mol. The number of halogens is 1. The highest BCUT2D eigenvalue weighted by Gasteiger charge is 2.60. The van der Waals surface area contributed by atoms with E-state index in [-0.39, 0.29) is 13.0 Å². The van der Waals surface area contributed by atoms with Gasteiger partial charge in [-0.1, -0.05) is 49.0 Å². The van der Waals surface area contributed by atoms with Gasteiger partial charge in [-0.05, 0) is 35.8 Å². The van der Waals surface area contributed by atoms with Gasteiger partial charge in [-0.15, -0.1) is 0 Å². The van der Waals surface area contributed by atoms with Crippen LogP contribution in [0.2, 0.25) is 0 Å². The molecule has 0 bridgehead atoms. The number of likely N-dealkylation sites (tertiary alicyclic amines) is 1. The highest BCUT2D eigenvalue weighted by atomic mass is 35.7. The number of hydrogen-bond donors (Lipinski definition) is 1. The van der Waals surface area contributed by atoms with E-state index in [1.807, 2.05) is 6.07 Å². The number of nitrogens with one attached hydrogen (secondary N) is 1. The number of nitrogens with zero attached hydrogens (tertiary/aromatic N) is 1. The summed E-state index contributed by atoms with van der Waals surface area (Å²) in [6.07, 6.45) is 0.0417. The van der Waals surface area contributed by atoms with E-state index in [2.05, 4.69) is 11.9 Å². The van der Waals surface area contributed by atoms with Crippen molar-refractivity contribution in [1.29, 1.82) is 0 Å². The number of carbonyl (C=O) groups excluding carboxylic acids is 3. The molecule has 0 aromatic heterocycles. The van der Waals surface area contributed by atoms with Gasteiger partial charge in [0.05, 0.1) is 23.9 Å². The Kier molecular flexibility index (Phi) is 8.60. The first-order valence-electron chi connectivity index (χ1n) is 10.4. The summed E-state index contributed by atoms with van der Waals surface area (Å²) in [7, 11) is 5.35. The van der Waals surface area contributed by atoms with Crippen LogP contribution in [-0.4, -0.2) is 51.8 Å². The largest absolute Gasteiger partial charge is 0.597 e. The molecule has 2 aromatic carbocycles. The first kappa shape index (κ1) is 25.6. The summed E-state index contributed by atoms with van der Waals surface area (Å²) in [5.74, 6) is -1.09. The Hall–Kier alpha value is -3.01. The Morgan fingerprint density at radius 2 is 1.82 bits per heavy atom. The summed E-state index contributed by atoms with van der Waals surface area (Å²) in [6.45, 7) is 5.30. The second-order valence-corrected chi connectivity index (χ2v) is 9.69. The fourth-order valence-corrected chi connectivity index (χ4v) is 4.97. The van der Waals surface area contributed by atoms with E-state index in [0.717, 1.165) is 10.5 Å². The Morgan fingerprint density at radius 1 is 1.18 bits per heavy atom. The van der Waals surface area contributed by atoms with Crippen LogP contribution in [0.1, 0.15) is 18.1 Å². The number of benzene rings is 2. The third kappa shape index (κ3) is 5.91. The SMILES string of the molecule is C=C(C)C(C(=O)OCc1ccc(OC)cc1)N1C(=O)C(NC(=O)Cc2ccccc2)C1[S+]([O-])Cl. The predicted molar refractivity (Wildman–Crippen MR) is 128 cm³/mol. The minimum atomic E-state index is -2.06. The van der Waals surface area contributed by atoms with Crippen molar-refractivity contribution in [3.8, 4) is 5.75 Å². The van der Waals surface area contributed by atoms with Gasteiger partial charge in [0.2, 0.25) is 11.3 Å². The maximum atomic E-state index is 12.9. The smallest absolute Gasteiger partial charge is 0.333 e. The lowest BCUT2D eigenvalue weighted by Gasteiger charge is -2.47. The second-order valence-electron chi connectivity index (χ2n) is 7.80. The van der Waals surface area contributed by atoms with Crippen molar-refractivity contribution >= 4 is 38.9 Å². The zero-order chi connectivity index (χ0) is 24.8. The fourth-order valence-electron chi connectivity index (χ4n) is 3.60. The zero-order valence-corrected chi connectivity index (χ0v) is 20.3. The summed E-state index contributed by atoms with van der Waals surface area (Å²) in [5.41, 5.74) is 1.79. The molecule has 1 saturated heterocycles. The number of β-lactam (4-membered cyclic amide) rings is 1. The lowest BCUT2D eigenvalue weighted by molar-refractivity contribution is -0.163. The van der Waals surface area contributed by atoms with Crippen molar-refractivity contribution in [3.05, 3.63) is 77.9 Å². The van der Waals surface area contributed by atoms with Crippen molar-refractivity contribution in [1.82, 2.24) is 10.2 Å². The molecule has 0 radical (unpaired) electrons. The van der Waals surface area contributed by atoms with E-state index in [4.69, 9.17) is 20.2 Å². The summed E-state index contributed by atoms with van der Waals surface area (Å²) >= 11 is 0. The van der Waals surface area contributed by atoms with Gasteiger partial charge in [0.25, 0.3) is 5.91 Å². The van der Waals surface area contributed by atoms with E-state index in [1.165, 1.54) is 0 Å². The molecule has 0 aliphatic carbocycles. The van der Waals surface area contributed by atoms with Crippen LogP contribution < -0.4 is 10.1 Å². The van der Waals surface area contributed by atoms with Crippen molar-refractivity contribution in [2.45, 2.75) is 37.4 Å². The second kappa shape index (κ2) is 11.4. The molecule has 1 aliphatic heterocycles. The number of ether oxygens (including phenoxy) is 2. The molecule has 2 amide bonds. The quantitative estimate of drug-likeness (QED) is 0.230. The van der Waals surface area contributed by atoms with Crippen molar-refractivity contribution < 1.29 is 28.4 Å². The summed E-state index contributed by atoms with van der Waals surface area (Å²) in [6, 6.07) is 13.6. The standard InChI is InChI=1S/C24H25ClN2O6S/c1-15(2)21(24(30)33-14-17-9-11-18(32-3)12-10-17)27-22(29)20(23(27)34(25)31)26-19(28)13-16-7-5-4-6-8-16/h4-12,20-21,23H,1,13-14H2,2-3H3,(H,26,28). The van der Waals surface area contributed by atoms with Gasteiger partial charge >= 0.3 is 5.97 Å². The van der Waals surface area contributed by atoms with Crippen molar-refractivity contribution in [2.24, 2.45) is 0 Å². The molecule has 0 saturated carbocycles. The van der Waals surface area contributed by atoms with Crippen LogP contribution in [0.15, 0.2) is 66.7 Å². The van der Waals surface area contributed by atoms with E-state index in [1.54, 1.807) is 62.6 Å². The fraction of sp³-hybridized carbons (Fsp3) is 0.292. The van der Waals surface area contributed by atoms with Crippen LogP contribution in [0.3, 0.4) is 0 Å². The average Bonchev–Trinajstić information content (AvgIpc) is 2.81. The molecule has 10 heteroatoms. The van der Waals surface area contributed by atoms with E-state index in [9.17, 15) is 18.9 Å². The summed E-state index contributed by atoms with van der Waals surface area (Å²) in [5, 5.41) is 1.47. The third-order valence-electron chi connectivity index (χ3n) is 5.30. The van der Waals surface area contributed by atoms with Crippen LogP contribution in [0.25, 0.3) is 0 Å². The first-order valence-corrected chi connectivity index (χ1v) is 12.4. The average molecular weight is 505 g/mol. The molecule has 180 valence electrons. The molecule has 1 fully saturated rings. The minimum Gasteiger partial charge on any atom is -0.597 e. The molecule has 8 nitrogen and oxygen atoms in total. The van der Waals surface area contributed by atoms with Gasteiger partial charge in [-0.2, -0.15) is 0 Å². The van der Waals surface area contributed by atoms with Gasteiger partial charge < -0.3 is 19.3 Å². The van der Waals surface area contributed by atoms with Crippen molar-refractivity contribution in [2.75, 3.05) is 7.11 Å². The number of methoxy groups -OCH3 is 1. The van der Waals surface area contributed by atoms with Gasteiger partial charge in [-0.3, -0.25) is 14.5 Å². The Morgan fingerprint density at radius 3 is 2.38 bits per heavy atom. The maximum absolute atomic E-state index is 12.9. The van der Waals surface area contributed by atoms with E-state index < -0.39 is 45.6 Å². The Bertz CT molecular complexity index is 1050. The van der Waals surface area contributed by atoms with Crippen LogP contribution in [0, 0.1) is 0 Å². The molecule has 2 aromatic rings. The summed E-state index contributed by atoms with van der Waals surface area (Å²) in [4.78, 5) is 39.3. The highest BCUT2D eigenvalue weighted by Crippen LogP contribution is 2.32. The summed E-state index contributed by atoms with van der Waals surface area (Å²) < 4.78 is 22.7. The van der Waals surface area contributed by atoms with Gasteiger partial charge in [0.15, 0.2) is 22.8 Å². The first-order chi connectivity index (χ1) is 16.2. The molecule has 34 heavy (non-hydrogen) atoms. The zero-order valence-electron chi connectivity index (χ0n) is 18.7. The van der Waals surface area contributed by atoms with E-state index >= 15 is 0 Å². The number of esters is 1. The molecule has 4 atom stereocenters. The number of carbonyl (C=O) groups is 3. The topological polar surface area (TPSA) is 108 Å².